The third-order valence-electron chi connectivity index (χ3n) is 6.05. The quantitative estimate of drug-likeness (QED) is 0.337. The van der Waals surface area contributed by atoms with Gasteiger partial charge in [-0.05, 0) is 37.5 Å². The van der Waals surface area contributed by atoms with Crippen LogP contribution in [0.3, 0.4) is 0 Å². The van der Waals surface area contributed by atoms with E-state index < -0.39 is 11.5 Å². The molecule has 7 heteroatoms. The highest BCUT2D eigenvalue weighted by molar-refractivity contribution is 5.93. The SMILES string of the molecule is CCCCNC(=O)NC1(C(=O)OCC)CC1c1ccc2cccc(OCc3ccccc3)c2n1. The molecule has 1 heterocycles. The molecule has 0 aliphatic heterocycles. The lowest BCUT2D eigenvalue weighted by Crippen LogP contribution is -2.50. The highest BCUT2D eigenvalue weighted by atomic mass is 16.5. The van der Waals surface area contributed by atoms with E-state index in [0.717, 1.165) is 35.0 Å². The van der Waals surface area contributed by atoms with Gasteiger partial charge in [0.2, 0.25) is 0 Å². The second-order valence-electron chi connectivity index (χ2n) is 8.52. The fourth-order valence-electron chi connectivity index (χ4n) is 4.10. The molecule has 2 N–H and O–H groups in total. The summed E-state index contributed by atoms with van der Waals surface area (Å²) in [6.45, 7) is 5.05. The summed E-state index contributed by atoms with van der Waals surface area (Å²) in [5.74, 6) is -0.0212. The van der Waals surface area contributed by atoms with Gasteiger partial charge in [0.05, 0.1) is 6.61 Å². The van der Waals surface area contributed by atoms with E-state index in [1.54, 1.807) is 6.92 Å². The Labute approximate surface area is 199 Å². The molecule has 3 aromatic rings. The maximum atomic E-state index is 12.8. The summed E-state index contributed by atoms with van der Waals surface area (Å²) in [6.07, 6.45) is 2.29. The standard InChI is InChI=1S/C27H31N3O4/c1-3-5-16-28-26(32)30-27(25(31)33-4-2)17-21(27)22-15-14-20-12-9-13-23(24(20)29-22)34-18-19-10-7-6-8-11-19/h6-15,21H,3-5,16-18H2,1-2H3,(H2,28,30,32). The van der Waals surface area contributed by atoms with Gasteiger partial charge in [-0.15, -0.1) is 0 Å². The molecule has 2 unspecified atom stereocenters. The molecule has 178 valence electrons. The number of benzene rings is 2. The van der Waals surface area contributed by atoms with Crippen LogP contribution in [0.2, 0.25) is 0 Å². The average Bonchev–Trinajstić information content (AvgIpc) is 3.58. The predicted octanol–water partition coefficient (Wildman–Crippen LogP) is 4.70. The number of hydrogen-bond donors (Lipinski definition) is 2. The summed E-state index contributed by atoms with van der Waals surface area (Å²) in [6, 6.07) is 19.3. The maximum Gasteiger partial charge on any atom is 0.332 e. The lowest BCUT2D eigenvalue weighted by atomic mass is 10.1. The average molecular weight is 462 g/mol. The Balaban J connectivity index is 1.56. The van der Waals surface area contributed by atoms with Gasteiger partial charge in [0.25, 0.3) is 0 Å². The molecule has 2 aromatic carbocycles. The molecule has 4 rings (SSSR count). The Kier molecular flexibility index (Phi) is 7.30. The van der Waals surface area contributed by atoms with Crippen LogP contribution < -0.4 is 15.4 Å². The number of amides is 2. The smallest absolute Gasteiger partial charge is 0.332 e. The zero-order valence-corrected chi connectivity index (χ0v) is 19.7. The van der Waals surface area contributed by atoms with Gasteiger partial charge in [-0.25, -0.2) is 14.6 Å². The van der Waals surface area contributed by atoms with Crippen LogP contribution in [0.1, 0.15) is 50.3 Å². The van der Waals surface area contributed by atoms with Crippen molar-refractivity contribution < 1.29 is 19.1 Å². The zero-order valence-electron chi connectivity index (χ0n) is 19.7. The first-order valence-corrected chi connectivity index (χ1v) is 11.9. The van der Waals surface area contributed by atoms with Crippen LogP contribution in [0.15, 0.2) is 60.7 Å². The summed E-state index contributed by atoms with van der Waals surface area (Å²) >= 11 is 0. The van der Waals surface area contributed by atoms with E-state index in [2.05, 4.69) is 17.6 Å². The van der Waals surface area contributed by atoms with Crippen molar-refractivity contribution in [3.63, 3.8) is 0 Å². The van der Waals surface area contributed by atoms with Crippen molar-refractivity contribution >= 4 is 22.9 Å². The first-order valence-electron chi connectivity index (χ1n) is 11.9. The van der Waals surface area contributed by atoms with E-state index in [-0.39, 0.29) is 18.6 Å². The van der Waals surface area contributed by atoms with Gasteiger partial charge >= 0.3 is 12.0 Å². The van der Waals surface area contributed by atoms with Crippen LogP contribution in [0.5, 0.6) is 5.75 Å². The van der Waals surface area contributed by atoms with Crippen LogP contribution >= 0.6 is 0 Å². The molecular weight excluding hydrogens is 430 g/mol. The van der Waals surface area contributed by atoms with Crippen molar-refractivity contribution in [1.82, 2.24) is 15.6 Å². The van der Waals surface area contributed by atoms with Crippen LogP contribution in [-0.4, -0.2) is 35.7 Å². The van der Waals surface area contributed by atoms with Crippen LogP contribution in [0, 0.1) is 0 Å². The fraction of sp³-hybridized carbons (Fsp3) is 0.370. The summed E-state index contributed by atoms with van der Waals surface area (Å²) in [5.41, 5.74) is 1.42. The number of ether oxygens (including phenoxy) is 2. The number of aromatic nitrogens is 1. The first-order chi connectivity index (χ1) is 16.6. The number of carbonyl (C=O) groups is 2. The Bertz CT molecular complexity index is 1150. The van der Waals surface area contributed by atoms with Crippen LogP contribution in [-0.2, 0) is 16.1 Å². The van der Waals surface area contributed by atoms with Gasteiger partial charge < -0.3 is 20.1 Å². The Hall–Kier alpha value is -3.61. The molecule has 0 radical (unpaired) electrons. The van der Waals surface area contributed by atoms with E-state index in [4.69, 9.17) is 14.5 Å². The van der Waals surface area contributed by atoms with Gasteiger partial charge in [0.15, 0.2) is 0 Å². The lowest BCUT2D eigenvalue weighted by molar-refractivity contribution is -0.146. The van der Waals surface area contributed by atoms with Crippen molar-refractivity contribution in [2.45, 2.75) is 51.2 Å². The zero-order chi connectivity index (χ0) is 24.0. The van der Waals surface area contributed by atoms with E-state index in [9.17, 15) is 9.59 Å². The summed E-state index contributed by atoms with van der Waals surface area (Å²) < 4.78 is 11.4. The third-order valence-corrected chi connectivity index (χ3v) is 6.05. The second-order valence-corrected chi connectivity index (χ2v) is 8.52. The van der Waals surface area contributed by atoms with E-state index >= 15 is 0 Å². The number of unbranched alkanes of at least 4 members (excludes halogenated alkanes) is 1. The predicted molar refractivity (Wildman–Crippen MR) is 131 cm³/mol. The minimum atomic E-state index is -1.10. The molecule has 1 aliphatic rings. The van der Waals surface area contributed by atoms with Crippen molar-refractivity contribution in [2.24, 2.45) is 0 Å². The van der Waals surface area contributed by atoms with Gasteiger partial charge in [-0.2, -0.15) is 0 Å². The molecule has 0 saturated heterocycles. The molecule has 0 spiro atoms. The van der Waals surface area contributed by atoms with Gasteiger partial charge in [0, 0.05) is 23.5 Å². The minimum absolute atomic E-state index is 0.245. The monoisotopic (exact) mass is 461 g/mol. The first kappa shape index (κ1) is 23.5. The normalized spacial score (nSPS) is 18.8. The lowest BCUT2D eigenvalue weighted by Gasteiger charge is -2.18. The molecule has 2 amide bonds. The number of rotatable bonds is 10. The molecule has 0 bridgehead atoms. The number of nitrogens with zero attached hydrogens (tertiary/aromatic N) is 1. The Morgan fingerprint density at radius 1 is 1.06 bits per heavy atom. The number of nitrogens with one attached hydrogen (secondary N) is 2. The molecule has 2 atom stereocenters. The Morgan fingerprint density at radius 3 is 2.65 bits per heavy atom. The van der Waals surface area contributed by atoms with Gasteiger partial charge in [-0.1, -0.05) is 61.9 Å². The van der Waals surface area contributed by atoms with Gasteiger partial charge in [-0.3, -0.25) is 0 Å². The topological polar surface area (TPSA) is 89.6 Å². The third kappa shape index (κ3) is 5.14. The Morgan fingerprint density at radius 2 is 1.88 bits per heavy atom. The summed E-state index contributed by atoms with van der Waals surface area (Å²) in [4.78, 5) is 30.2. The number of para-hydroxylation sites is 1. The largest absolute Gasteiger partial charge is 0.487 e. The molecule has 1 aromatic heterocycles. The number of urea groups is 1. The molecule has 7 nitrogen and oxygen atoms in total. The number of fused-ring (bicyclic) bond motifs is 1. The fourth-order valence-corrected chi connectivity index (χ4v) is 4.10. The van der Waals surface area contributed by atoms with E-state index in [0.29, 0.717) is 25.3 Å². The molecule has 1 aliphatic carbocycles. The number of hydrogen-bond acceptors (Lipinski definition) is 5. The van der Waals surface area contributed by atoms with Crippen molar-refractivity contribution in [3.8, 4) is 5.75 Å². The van der Waals surface area contributed by atoms with Crippen molar-refractivity contribution in [1.29, 1.82) is 0 Å². The highest BCUT2D eigenvalue weighted by Gasteiger charge is 2.64. The molecular formula is C27H31N3O4. The van der Waals surface area contributed by atoms with Crippen LogP contribution in [0.25, 0.3) is 10.9 Å². The second kappa shape index (κ2) is 10.5. The van der Waals surface area contributed by atoms with Crippen molar-refractivity contribution in [3.05, 3.63) is 71.9 Å². The number of pyridine rings is 1. The van der Waals surface area contributed by atoms with Crippen molar-refractivity contribution in [2.75, 3.05) is 13.2 Å². The molecule has 1 saturated carbocycles. The number of carbonyl (C=O) groups excluding carboxylic acids is 2. The van der Waals surface area contributed by atoms with E-state index in [1.165, 1.54) is 0 Å². The molecule has 1 fully saturated rings. The highest BCUT2D eigenvalue weighted by Crippen LogP contribution is 2.52. The van der Waals surface area contributed by atoms with Crippen LogP contribution in [0.4, 0.5) is 4.79 Å². The van der Waals surface area contributed by atoms with Gasteiger partial charge in [0.1, 0.15) is 23.4 Å². The summed E-state index contributed by atoms with van der Waals surface area (Å²) in [7, 11) is 0. The molecule has 34 heavy (non-hydrogen) atoms. The van der Waals surface area contributed by atoms with E-state index in [1.807, 2.05) is 60.7 Å². The maximum absolute atomic E-state index is 12.8. The summed E-state index contributed by atoms with van der Waals surface area (Å²) in [5, 5.41) is 6.64. The minimum Gasteiger partial charge on any atom is -0.487 e. The number of esters is 1.